The highest BCUT2D eigenvalue weighted by Gasteiger charge is 2.27. The number of carboxylic acid groups (broad SMARTS) is 1. The average molecular weight is 292 g/mol. The molecule has 21 heavy (non-hydrogen) atoms. The Bertz CT molecular complexity index is 538. The Morgan fingerprint density at radius 1 is 1.43 bits per heavy atom. The summed E-state index contributed by atoms with van der Waals surface area (Å²) in [6.07, 6.45) is 6.03. The van der Waals surface area contributed by atoms with Crippen molar-refractivity contribution in [3.63, 3.8) is 0 Å². The second-order valence-corrected chi connectivity index (χ2v) is 5.66. The van der Waals surface area contributed by atoms with Gasteiger partial charge in [-0.05, 0) is 24.3 Å². The Morgan fingerprint density at radius 3 is 2.67 bits per heavy atom. The summed E-state index contributed by atoms with van der Waals surface area (Å²) in [5.41, 5.74) is 5.91. The zero-order valence-electron chi connectivity index (χ0n) is 11.8. The van der Waals surface area contributed by atoms with Crippen LogP contribution in [0, 0.1) is 16.0 Å². The normalized spacial score (nSPS) is 16.8. The van der Waals surface area contributed by atoms with E-state index in [0.717, 1.165) is 19.3 Å². The molecule has 1 atom stereocenters. The number of hydrogen-bond acceptors (Lipinski definition) is 4. The second kappa shape index (κ2) is 6.56. The molecule has 0 bridgehead atoms. The molecule has 1 aromatic carbocycles. The Balaban J connectivity index is 2.19. The van der Waals surface area contributed by atoms with Gasteiger partial charge in [0.15, 0.2) is 0 Å². The molecule has 0 heterocycles. The molecule has 6 heteroatoms. The summed E-state index contributed by atoms with van der Waals surface area (Å²) in [7, 11) is 0. The first kappa shape index (κ1) is 15.3. The minimum Gasteiger partial charge on any atom is -0.481 e. The molecular formula is C15H20N2O4. The number of hydrogen-bond donors (Lipinski definition) is 2. The fourth-order valence-electron chi connectivity index (χ4n) is 3.15. The molecule has 1 fully saturated rings. The molecule has 1 aliphatic rings. The molecule has 1 aromatic rings. The number of nitrogens with two attached hydrogens (primary N) is 1. The molecule has 0 spiro atoms. The molecule has 0 amide bonds. The predicted octanol–water partition coefficient (Wildman–Crippen LogP) is 3.32. The van der Waals surface area contributed by atoms with Gasteiger partial charge in [0.1, 0.15) is 5.69 Å². The van der Waals surface area contributed by atoms with Crippen molar-refractivity contribution in [3.05, 3.63) is 33.9 Å². The van der Waals surface area contributed by atoms with E-state index in [1.165, 1.54) is 25.0 Å². The van der Waals surface area contributed by atoms with E-state index in [1.807, 2.05) is 0 Å². The van der Waals surface area contributed by atoms with Gasteiger partial charge in [0.05, 0.1) is 10.8 Å². The van der Waals surface area contributed by atoms with Crippen LogP contribution in [-0.4, -0.2) is 16.0 Å². The minimum absolute atomic E-state index is 0.0266. The van der Waals surface area contributed by atoms with Gasteiger partial charge in [0, 0.05) is 6.07 Å². The summed E-state index contributed by atoms with van der Waals surface area (Å²) >= 11 is 0. The second-order valence-electron chi connectivity index (χ2n) is 5.66. The van der Waals surface area contributed by atoms with E-state index in [2.05, 4.69) is 0 Å². The van der Waals surface area contributed by atoms with E-state index in [-0.39, 0.29) is 11.4 Å². The monoisotopic (exact) mass is 292 g/mol. The number of benzene rings is 1. The van der Waals surface area contributed by atoms with Gasteiger partial charge in [-0.25, -0.2) is 0 Å². The number of anilines is 1. The van der Waals surface area contributed by atoms with E-state index in [4.69, 9.17) is 5.73 Å². The minimum atomic E-state index is -0.972. The molecule has 1 aliphatic carbocycles. The van der Waals surface area contributed by atoms with Gasteiger partial charge < -0.3 is 10.8 Å². The molecule has 0 radical (unpaired) electrons. The smallest absolute Gasteiger partial charge is 0.311 e. The maximum Gasteiger partial charge on any atom is 0.311 e. The third kappa shape index (κ3) is 3.51. The molecule has 0 aliphatic heterocycles. The highest BCUT2D eigenvalue weighted by Crippen LogP contribution is 2.36. The highest BCUT2D eigenvalue weighted by molar-refractivity contribution is 5.80. The van der Waals surface area contributed by atoms with Gasteiger partial charge in [0.2, 0.25) is 0 Å². The van der Waals surface area contributed by atoms with Crippen LogP contribution < -0.4 is 5.73 Å². The Morgan fingerprint density at radius 2 is 2.10 bits per heavy atom. The fourth-order valence-corrected chi connectivity index (χ4v) is 3.15. The van der Waals surface area contributed by atoms with Gasteiger partial charge in [-0.3, -0.25) is 14.9 Å². The van der Waals surface area contributed by atoms with Crippen LogP contribution in [0.1, 0.15) is 50.0 Å². The number of carbonyl (C=O) groups is 1. The molecule has 6 nitrogen and oxygen atoms in total. The van der Waals surface area contributed by atoms with Crippen molar-refractivity contribution < 1.29 is 14.8 Å². The van der Waals surface area contributed by atoms with E-state index in [0.29, 0.717) is 17.9 Å². The maximum atomic E-state index is 11.5. The van der Waals surface area contributed by atoms with Crippen molar-refractivity contribution in [1.29, 1.82) is 0 Å². The number of nitro benzene ring substituents is 1. The molecule has 2 rings (SSSR count). The number of nitro groups is 1. The molecule has 1 unspecified atom stereocenters. The van der Waals surface area contributed by atoms with Crippen molar-refractivity contribution in [3.8, 4) is 0 Å². The molecule has 0 aromatic heterocycles. The largest absolute Gasteiger partial charge is 0.481 e. The first-order valence-corrected chi connectivity index (χ1v) is 7.26. The molecule has 1 saturated carbocycles. The standard InChI is InChI=1S/C15H20N2O4/c16-14-11(6-3-7-13(14)17(20)21)12(15(18)19)9-8-10-4-1-2-5-10/h3,6-7,10,12H,1-2,4-5,8-9,16H2,(H,18,19). The highest BCUT2D eigenvalue weighted by atomic mass is 16.6. The zero-order chi connectivity index (χ0) is 15.4. The number of nitrogens with zero attached hydrogens (tertiary/aromatic N) is 1. The van der Waals surface area contributed by atoms with E-state index in [9.17, 15) is 20.0 Å². The molecule has 0 saturated heterocycles. The first-order valence-electron chi connectivity index (χ1n) is 7.26. The van der Waals surface area contributed by atoms with Crippen LogP contribution in [0.4, 0.5) is 11.4 Å². The van der Waals surface area contributed by atoms with Crippen LogP contribution in [0.3, 0.4) is 0 Å². The maximum absolute atomic E-state index is 11.5. The summed E-state index contributed by atoms with van der Waals surface area (Å²) in [5.74, 6) is -1.17. The number of para-hydroxylation sites is 1. The number of carboxylic acids is 1. The lowest BCUT2D eigenvalue weighted by atomic mass is 9.88. The zero-order valence-corrected chi connectivity index (χ0v) is 11.8. The Labute approximate surface area is 123 Å². The molecular weight excluding hydrogens is 272 g/mol. The van der Waals surface area contributed by atoms with E-state index in [1.54, 1.807) is 6.07 Å². The molecule has 114 valence electrons. The lowest BCUT2D eigenvalue weighted by Crippen LogP contribution is -2.15. The van der Waals surface area contributed by atoms with Crippen LogP contribution in [0.2, 0.25) is 0 Å². The SMILES string of the molecule is Nc1c(C(CCC2CCCC2)C(=O)O)cccc1[N+](=O)[O-]. The van der Waals surface area contributed by atoms with Gasteiger partial charge in [-0.2, -0.15) is 0 Å². The van der Waals surface area contributed by atoms with Crippen LogP contribution >= 0.6 is 0 Å². The first-order chi connectivity index (χ1) is 10.0. The fraction of sp³-hybridized carbons (Fsp3) is 0.533. The predicted molar refractivity (Wildman–Crippen MR) is 79.1 cm³/mol. The van der Waals surface area contributed by atoms with Crippen molar-refractivity contribution in [2.24, 2.45) is 5.92 Å². The van der Waals surface area contributed by atoms with Crippen molar-refractivity contribution in [1.82, 2.24) is 0 Å². The average Bonchev–Trinajstić information content (AvgIpc) is 2.93. The summed E-state index contributed by atoms with van der Waals surface area (Å²) < 4.78 is 0. The number of rotatable bonds is 6. The Hall–Kier alpha value is -2.11. The van der Waals surface area contributed by atoms with Crippen molar-refractivity contribution >= 4 is 17.3 Å². The van der Waals surface area contributed by atoms with Crippen molar-refractivity contribution in [2.45, 2.75) is 44.4 Å². The van der Waals surface area contributed by atoms with Gasteiger partial charge in [-0.15, -0.1) is 0 Å². The van der Waals surface area contributed by atoms with Crippen molar-refractivity contribution in [2.75, 3.05) is 5.73 Å². The van der Waals surface area contributed by atoms with Crippen LogP contribution in [0.15, 0.2) is 18.2 Å². The molecule has 3 N–H and O–H groups in total. The van der Waals surface area contributed by atoms with Gasteiger partial charge >= 0.3 is 5.97 Å². The van der Waals surface area contributed by atoms with E-state index < -0.39 is 16.8 Å². The third-order valence-corrected chi connectivity index (χ3v) is 4.33. The summed E-state index contributed by atoms with van der Waals surface area (Å²) in [6.45, 7) is 0. The topological polar surface area (TPSA) is 106 Å². The van der Waals surface area contributed by atoms with E-state index >= 15 is 0 Å². The lowest BCUT2D eigenvalue weighted by Gasteiger charge is -2.17. The van der Waals surface area contributed by atoms with Crippen LogP contribution in [0.25, 0.3) is 0 Å². The van der Waals surface area contributed by atoms with Gasteiger partial charge in [-0.1, -0.05) is 37.8 Å². The third-order valence-electron chi connectivity index (χ3n) is 4.33. The Kier molecular flexibility index (Phi) is 4.77. The van der Waals surface area contributed by atoms with Gasteiger partial charge in [0.25, 0.3) is 5.69 Å². The quantitative estimate of drug-likeness (QED) is 0.475. The summed E-state index contributed by atoms with van der Waals surface area (Å²) in [4.78, 5) is 21.8. The van der Waals surface area contributed by atoms with Crippen LogP contribution in [-0.2, 0) is 4.79 Å². The summed E-state index contributed by atoms with van der Waals surface area (Å²) in [6, 6.07) is 4.37. The number of nitrogen functional groups attached to an aromatic ring is 1. The lowest BCUT2D eigenvalue weighted by molar-refractivity contribution is -0.383. The van der Waals surface area contributed by atoms with Crippen LogP contribution in [0.5, 0.6) is 0 Å². The number of aliphatic carboxylic acids is 1. The summed E-state index contributed by atoms with van der Waals surface area (Å²) in [5, 5.41) is 20.3.